The van der Waals surface area contributed by atoms with E-state index in [1.807, 2.05) is 24.3 Å². The van der Waals surface area contributed by atoms with Crippen LogP contribution in [0.5, 0.6) is 5.75 Å². The van der Waals surface area contributed by atoms with Gasteiger partial charge in [0.1, 0.15) is 5.75 Å². The number of aromatic nitrogens is 3. The number of ether oxygens (including phenoxy) is 1. The lowest BCUT2D eigenvalue weighted by atomic mass is 10.2. The summed E-state index contributed by atoms with van der Waals surface area (Å²) in [5.74, 6) is 0.812. The molecular weight excluding hydrogens is 288 g/mol. The fourth-order valence-corrected chi connectivity index (χ4v) is 2.80. The number of nitrogens with zero attached hydrogens (tertiary/aromatic N) is 3. The van der Waals surface area contributed by atoms with E-state index in [1.54, 1.807) is 14.0 Å². The first-order valence-electron chi connectivity index (χ1n) is 6.40. The average molecular weight is 302 g/mol. The number of rotatable bonds is 4. The maximum absolute atomic E-state index is 11.8. The molecule has 6 nitrogen and oxygen atoms in total. The maximum atomic E-state index is 11.8. The first-order chi connectivity index (χ1) is 10.2. The van der Waals surface area contributed by atoms with Crippen molar-refractivity contribution in [3.63, 3.8) is 0 Å². The fraction of sp³-hybridized carbons (Fsp3) is 0.214. The molecule has 0 saturated heterocycles. The third-order valence-corrected chi connectivity index (χ3v) is 3.82. The van der Waals surface area contributed by atoms with E-state index < -0.39 is 0 Å². The van der Waals surface area contributed by atoms with E-state index in [-0.39, 0.29) is 5.56 Å². The van der Waals surface area contributed by atoms with Gasteiger partial charge in [0.25, 0.3) is 5.56 Å². The highest BCUT2D eigenvalue weighted by Crippen LogP contribution is 2.18. The van der Waals surface area contributed by atoms with Crippen molar-refractivity contribution in [2.45, 2.75) is 13.5 Å². The number of nitrogens with one attached hydrogen (secondary N) is 1. The van der Waals surface area contributed by atoms with Crippen LogP contribution in [0.4, 0.5) is 5.13 Å². The summed E-state index contributed by atoms with van der Waals surface area (Å²) in [6.45, 7) is 2.40. The molecule has 1 N–H and O–H groups in total. The fourth-order valence-electron chi connectivity index (χ4n) is 1.95. The Labute approximate surface area is 125 Å². The zero-order valence-electron chi connectivity index (χ0n) is 11.7. The third-order valence-electron chi connectivity index (χ3n) is 2.95. The van der Waals surface area contributed by atoms with E-state index in [9.17, 15) is 4.79 Å². The number of hydrogen-bond donors (Lipinski definition) is 1. The first kappa shape index (κ1) is 13.6. The van der Waals surface area contributed by atoms with E-state index in [4.69, 9.17) is 4.74 Å². The molecule has 1 aromatic carbocycles. The van der Waals surface area contributed by atoms with Crippen molar-refractivity contribution in [1.82, 2.24) is 14.6 Å². The summed E-state index contributed by atoms with van der Waals surface area (Å²) in [7, 11) is 1.64. The summed E-state index contributed by atoms with van der Waals surface area (Å²) in [5.41, 5.74) is 1.61. The highest BCUT2D eigenvalue weighted by atomic mass is 32.1. The lowest BCUT2D eigenvalue weighted by Gasteiger charge is -2.04. The molecule has 2 aromatic heterocycles. The molecule has 0 amide bonds. The van der Waals surface area contributed by atoms with Crippen LogP contribution in [0.3, 0.4) is 0 Å². The van der Waals surface area contributed by atoms with E-state index in [1.165, 1.54) is 21.9 Å². The molecule has 108 valence electrons. The van der Waals surface area contributed by atoms with Crippen LogP contribution < -0.4 is 15.6 Å². The van der Waals surface area contributed by atoms with Crippen LogP contribution in [0.25, 0.3) is 4.96 Å². The Hall–Kier alpha value is -2.41. The normalized spacial score (nSPS) is 10.8. The molecular formula is C14H14N4O2S. The molecule has 0 fully saturated rings. The first-order valence-corrected chi connectivity index (χ1v) is 7.22. The van der Waals surface area contributed by atoms with Crippen molar-refractivity contribution in [3.8, 4) is 5.75 Å². The molecule has 0 bridgehead atoms. The topological polar surface area (TPSA) is 68.5 Å². The largest absolute Gasteiger partial charge is 0.497 e. The summed E-state index contributed by atoms with van der Waals surface area (Å²) in [4.78, 5) is 16.7. The van der Waals surface area contributed by atoms with Crippen LogP contribution in [-0.4, -0.2) is 21.7 Å². The Balaban J connectivity index is 1.82. The van der Waals surface area contributed by atoms with Crippen LogP contribution in [-0.2, 0) is 6.54 Å². The number of aryl methyl sites for hydroxylation is 1. The molecule has 0 aliphatic carbocycles. The molecule has 2 heterocycles. The quantitative estimate of drug-likeness (QED) is 0.799. The number of methoxy groups -OCH3 is 1. The monoisotopic (exact) mass is 302 g/mol. The highest BCUT2D eigenvalue weighted by molar-refractivity contribution is 7.20. The predicted octanol–water partition coefficient (Wildman–Crippen LogP) is 2.08. The molecule has 0 aliphatic heterocycles. The Morgan fingerprint density at radius 3 is 3.05 bits per heavy atom. The molecule has 7 heteroatoms. The van der Waals surface area contributed by atoms with Gasteiger partial charge in [0, 0.05) is 18.3 Å². The predicted molar refractivity (Wildman–Crippen MR) is 82.2 cm³/mol. The zero-order valence-corrected chi connectivity index (χ0v) is 12.5. The van der Waals surface area contributed by atoms with Crippen molar-refractivity contribution < 1.29 is 4.74 Å². The SMILES string of the molecule is COc1cccc(CNc2nn3c(=O)cc(C)nc3s2)c1. The van der Waals surface area contributed by atoms with Gasteiger partial charge in [-0.05, 0) is 24.6 Å². The molecule has 0 saturated carbocycles. The van der Waals surface area contributed by atoms with Crippen LogP contribution in [0, 0.1) is 6.92 Å². The van der Waals surface area contributed by atoms with Gasteiger partial charge >= 0.3 is 0 Å². The van der Waals surface area contributed by atoms with Gasteiger partial charge in [-0.1, -0.05) is 23.5 Å². The standard InChI is InChI=1S/C14H14N4O2S/c1-9-6-12(19)18-14(16-9)21-13(17-18)15-8-10-4-3-5-11(7-10)20-2/h3-7H,8H2,1-2H3,(H,15,17). The highest BCUT2D eigenvalue weighted by Gasteiger charge is 2.07. The van der Waals surface area contributed by atoms with Crippen molar-refractivity contribution in [2.24, 2.45) is 0 Å². The molecule has 0 atom stereocenters. The summed E-state index contributed by atoms with van der Waals surface area (Å²) >= 11 is 1.35. The van der Waals surface area contributed by atoms with Gasteiger partial charge in [-0.2, -0.15) is 4.52 Å². The Morgan fingerprint density at radius 1 is 1.38 bits per heavy atom. The van der Waals surface area contributed by atoms with Crippen molar-refractivity contribution in [3.05, 3.63) is 51.9 Å². The Kier molecular flexibility index (Phi) is 3.57. The van der Waals surface area contributed by atoms with Crippen molar-refractivity contribution in [1.29, 1.82) is 0 Å². The molecule has 0 radical (unpaired) electrons. The van der Waals surface area contributed by atoms with Gasteiger partial charge in [-0.25, -0.2) is 4.98 Å². The second-order valence-electron chi connectivity index (χ2n) is 4.54. The van der Waals surface area contributed by atoms with Gasteiger partial charge in [-0.3, -0.25) is 4.79 Å². The lowest BCUT2D eigenvalue weighted by molar-refractivity contribution is 0.414. The minimum Gasteiger partial charge on any atom is -0.497 e. The third kappa shape index (κ3) is 2.87. The summed E-state index contributed by atoms with van der Waals surface area (Å²) in [6.07, 6.45) is 0. The van der Waals surface area contributed by atoms with E-state index >= 15 is 0 Å². The van der Waals surface area contributed by atoms with Crippen LogP contribution >= 0.6 is 11.3 Å². The Morgan fingerprint density at radius 2 is 2.24 bits per heavy atom. The number of anilines is 1. The van der Waals surface area contributed by atoms with Crippen molar-refractivity contribution >= 4 is 21.4 Å². The summed E-state index contributed by atoms with van der Waals surface area (Å²) < 4.78 is 6.50. The Bertz CT molecular complexity index is 840. The summed E-state index contributed by atoms with van der Waals surface area (Å²) in [6, 6.07) is 9.25. The maximum Gasteiger partial charge on any atom is 0.275 e. The number of fused-ring (bicyclic) bond motifs is 1. The zero-order chi connectivity index (χ0) is 14.8. The van der Waals surface area contributed by atoms with E-state index in [0.29, 0.717) is 22.3 Å². The van der Waals surface area contributed by atoms with Crippen LogP contribution in [0.1, 0.15) is 11.3 Å². The average Bonchev–Trinajstić information content (AvgIpc) is 2.88. The minimum absolute atomic E-state index is 0.164. The molecule has 0 unspecified atom stereocenters. The van der Waals surface area contributed by atoms with Gasteiger partial charge in [0.15, 0.2) is 0 Å². The lowest BCUT2D eigenvalue weighted by Crippen LogP contribution is -2.14. The smallest absolute Gasteiger partial charge is 0.275 e. The second-order valence-corrected chi connectivity index (χ2v) is 5.50. The van der Waals surface area contributed by atoms with E-state index in [2.05, 4.69) is 15.4 Å². The summed E-state index contributed by atoms with van der Waals surface area (Å²) in [5, 5.41) is 8.09. The van der Waals surface area contributed by atoms with Gasteiger partial charge < -0.3 is 10.1 Å². The number of benzene rings is 1. The van der Waals surface area contributed by atoms with Gasteiger partial charge in [0.05, 0.1) is 7.11 Å². The van der Waals surface area contributed by atoms with Gasteiger partial charge in [0.2, 0.25) is 10.1 Å². The van der Waals surface area contributed by atoms with Crippen LogP contribution in [0.15, 0.2) is 35.1 Å². The molecule has 0 spiro atoms. The molecule has 3 aromatic rings. The minimum atomic E-state index is -0.164. The van der Waals surface area contributed by atoms with E-state index in [0.717, 1.165) is 11.3 Å². The second kappa shape index (κ2) is 5.53. The molecule has 21 heavy (non-hydrogen) atoms. The van der Waals surface area contributed by atoms with Crippen molar-refractivity contribution in [2.75, 3.05) is 12.4 Å². The van der Waals surface area contributed by atoms with Gasteiger partial charge in [-0.15, -0.1) is 5.10 Å². The van der Waals surface area contributed by atoms with Crippen LogP contribution in [0.2, 0.25) is 0 Å². The number of hydrogen-bond acceptors (Lipinski definition) is 6. The molecule has 0 aliphatic rings. The molecule has 3 rings (SSSR count).